The van der Waals surface area contributed by atoms with Crippen LogP contribution in [-0.2, 0) is 0 Å². The van der Waals surface area contributed by atoms with Crippen molar-refractivity contribution >= 4 is 34.5 Å². The Labute approximate surface area is 163 Å². The van der Waals surface area contributed by atoms with Gasteiger partial charge in [0.05, 0.1) is 11.4 Å². The number of rotatable bonds is 4. The Morgan fingerprint density at radius 2 is 2.04 bits per heavy atom. The summed E-state index contributed by atoms with van der Waals surface area (Å²) in [6.45, 7) is 1.82. The van der Waals surface area contributed by atoms with Gasteiger partial charge in [-0.05, 0) is 47.7 Å². The van der Waals surface area contributed by atoms with E-state index in [1.165, 1.54) is 22.3 Å². The molecule has 0 spiro atoms. The number of nitrogens with zero attached hydrogens (tertiary/aromatic N) is 5. The summed E-state index contributed by atoms with van der Waals surface area (Å²) in [5, 5.41) is 15.4. The van der Waals surface area contributed by atoms with E-state index in [0.29, 0.717) is 21.3 Å². The summed E-state index contributed by atoms with van der Waals surface area (Å²) in [4.78, 5) is 17.8. The highest BCUT2D eigenvalue weighted by Gasteiger charge is 2.17. The molecule has 0 radical (unpaired) electrons. The Bertz CT molecular complexity index is 1110. The maximum atomic E-state index is 12.7. The van der Waals surface area contributed by atoms with Crippen LogP contribution in [0.1, 0.15) is 15.4 Å². The average Bonchev–Trinajstić information content (AvgIpc) is 3.32. The van der Waals surface area contributed by atoms with Gasteiger partial charge in [-0.1, -0.05) is 29.8 Å². The van der Waals surface area contributed by atoms with Gasteiger partial charge in [0, 0.05) is 16.3 Å². The highest BCUT2D eigenvalue weighted by molar-refractivity contribution is 7.17. The molecule has 0 saturated carbocycles. The zero-order chi connectivity index (χ0) is 18.8. The molecule has 7 nitrogen and oxygen atoms in total. The number of aromatic nitrogens is 5. The molecular weight excluding hydrogens is 384 g/mol. The molecule has 0 fully saturated rings. The van der Waals surface area contributed by atoms with Crippen molar-refractivity contribution in [2.24, 2.45) is 0 Å². The van der Waals surface area contributed by atoms with Gasteiger partial charge in [0.1, 0.15) is 16.2 Å². The first-order valence-corrected chi connectivity index (χ1v) is 9.18. The van der Waals surface area contributed by atoms with Gasteiger partial charge in [-0.3, -0.25) is 4.79 Å². The Kier molecular flexibility index (Phi) is 4.66. The van der Waals surface area contributed by atoms with Crippen molar-refractivity contribution in [3.05, 3.63) is 70.5 Å². The summed E-state index contributed by atoms with van der Waals surface area (Å²) in [5.74, 6) is -0.216. The largest absolute Gasteiger partial charge is 0.321 e. The Morgan fingerprint density at radius 3 is 2.81 bits per heavy atom. The summed E-state index contributed by atoms with van der Waals surface area (Å²) >= 11 is 7.38. The number of hydrogen-bond acceptors (Lipinski definition) is 6. The van der Waals surface area contributed by atoms with Crippen molar-refractivity contribution in [1.29, 1.82) is 0 Å². The van der Waals surface area contributed by atoms with Crippen molar-refractivity contribution in [3.63, 3.8) is 0 Å². The molecule has 9 heteroatoms. The second kappa shape index (κ2) is 7.26. The van der Waals surface area contributed by atoms with Gasteiger partial charge in [-0.25, -0.2) is 9.67 Å². The van der Waals surface area contributed by atoms with Crippen LogP contribution in [0.15, 0.2) is 54.9 Å². The van der Waals surface area contributed by atoms with E-state index in [1.807, 2.05) is 37.3 Å². The molecule has 0 atom stereocenters. The normalized spacial score (nSPS) is 10.7. The van der Waals surface area contributed by atoms with Gasteiger partial charge in [-0.2, -0.15) is 0 Å². The molecule has 4 aromatic rings. The maximum absolute atomic E-state index is 12.7. The lowest BCUT2D eigenvalue weighted by molar-refractivity contribution is 0.103. The summed E-state index contributed by atoms with van der Waals surface area (Å²) in [5.41, 5.74) is 2.95. The Balaban J connectivity index is 1.58. The van der Waals surface area contributed by atoms with E-state index < -0.39 is 0 Å². The fourth-order valence-electron chi connectivity index (χ4n) is 2.55. The molecule has 27 heavy (non-hydrogen) atoms. The van der Waals surface area contributed by atoms with Crippen LogP contribution in [0.2, 0.25) is 5.02 Å². The number of hydrogen-bond donors (Lipinski definition) is 1. The third-order valence-corrected chi connectivity index (χ3v) is 5.23. The standard InChI is InChI=1S/C18H13ClN6OS/c1-11-16(27-18(21-11)12-4-2-5-13(19)8-12)17(26)22-14-6-3-7-15(9-14)25-10-20-23-24-25/h2-10H,1H3,(H,22,26). The molecule has 0 aliphatic rings. The molecule has 2 heterocycles. The molecule has 4 rings (SSSR count). The maximum Gasteiger partial charge on any atom is 0.267 e. The third-order valence-electron chi connectivity index (χ3n) is 3.79. The molecule has 2 aromatic heterocycles. The van der Waals surface area contributed by atoms with Crippen molar-refractivity contribution in [2.75, 3.05) is 5.32 Å². The molecule has 1 N–H and O–H groups in total. The van der Waals surface area contributed by atoms with Crippen molar-refractivity contribution in [2.45, 2.75) is 6.92 Å². The molecule has 134 valence electrons. The first kappa shape index (κ1) is 17.3. The van der Waals surface area contributed by atoms with Gasteiger partial charge in [0.2, 0.25) is 0 Å². The molecule has 1 amide bonds. The van der Waals surface area contributed by atoms with E-state index >= 15 is 0 Å². The number of aryl methyl sites for hydroxylation is 1. The average molecular weight is 397 g/mol. The highest BCUT2D eigenvalue weighted by atomic mass is 35.5. The highest BCUT2D eigenvalue weighted by Crippen LogP contribution is 2.30. The molecular formula is C18H13ClN6OS. The molecule has 0 saturated heterocycles. The molecule has 0 aliphatic carbocycles. The van der Waals surface area contributed by atoms with Crippen LogP contribution >= 0.6 is 22.9 Å². The Morgan fingerprint density at radius 1 is 1.19 bits per heavy atom. The third kappa shape index (κ3) is 3.71. The van der Waals surface area contributed by atoms with Gasteiger partial charge in [0.25, 0.3) is 5.91 Å². The van der Waals surface area contributed by atoms with Gasteiger partial charge in [-0.15, -0.1) is 16.4 Å². The van der Waals surface area contributed by atoms with Gasteiger partial charge >= 0.3 is 0 Å². The van der Waals surface area contributed by atoms with Crippen LogP contribution in [0.25, 0.3) is 16.3 Å². The van der Waals surface area contributed by atoms with Gasteiger partial charge < -0.3 is 5.32 Å². The van der Waals surface area contributed by atoms with Gasteiger partial charge in [0.15, 0.2) is 0 Å². The van der Waals surface area contributed by atoms with Crippen LogP contribution < -0.4 is 5.32 Å². The summed E-state index contributed by atoms with van der Waals surface area (Å²) < 4.78 is 1.52. The molecule has 0 bridgehead atoms. The number of anilines is 1. The number of carbonyl (C=O) groups excluding carboxylic acids is 1. The lowest BCUT2D eigenvalue weighted by Crippen LogP contribution is -2.11. The minimum atomic E-state index is -0.216. The first-order chi connectivity index (χ1) is 13.1. The zero-order valence-corrected chi connectivity index (χ0v) is 15.7. The van der Waals surface area contributed by atoms with Crippen molar-refractivity contribution < 1.29 is 4.79 Å². The topological polar surface area (TPSA) is 85.6 Å². The number of amides is 1. The van der Waals surface area contributed by atoms with Crippen LogP contribution in [0.4, 0.5) is 5.69 Å². The van der Waals surface area contributed by atoms with E-state index in [1.54, 1.807) is 18.2 Å². The van der Waals surface area contributed by atoms with Crippen LogP contribution in [-0.4, -0.2) is 31.1 Å². The smallest absolute Gasteiger partial charge is 0.267 e. The number of nitrogens with one attached hydrogen (secondary N) is 1. The second-order valence-corrected chi connectivity index (χ2v) is 7.14. The van der Waals surface area contributed by atoms with Crippen LogP contribution in [0, 0.1) is 6.92 Å². The van der Waals surface area contributed by atoms with E-state index in [4.69, 9.17) is 11.6 Å². The summed E-state index contributed by atoms with van der Waals surface area (Å²) in [6.07, 6.45) is 1.49. The fourth-order valence-corrected chi connectivity index (χ4v) is 3.69. The van der Waals surface area contributed by atoms with Crippen LogP contribution in [0.3, 0.4) is 0 Å². The number of carbonyl (C=O) groups is 1. The van der Waals surface area contributed by atoms with E-state index in [2.05, 4.69) is 25.8 Å². The first-order valence-electron chi connectivity index (χ1n) is 7.98. The zero-order valence-electron chi connectivity index (χ0n) is 14.1. The SMILES string of the molecule is Cc1nc(-c2cccc(Cl)c2)sc1C(=O)Nc1cccc(-n2cnnn2)c1. The van der Waals surface area contributed by atoms with E-state index in [0.717, 1.165) is 16.3 Å². The number of thiazole rings is 1. The number of benzene rings is 2. The van der Waals surface area contributed by atoms with E-state index in [-0.39, 0.29) is 5.91 Å². The number of halogens is 1. The molecule has 2 aromatic carbocycles. The number of tetrazole rings is 1. The molecule has 0 aliphatic heterocycles. The minimum absolute atomic E-state index is 0.216. The van der Waals surface area contributed by atoms with Crippen molar-refractivity contribution in [3.8, 4) is 16.3 Å². The molecule has 0 unspecified atom stereocenters. The minimum Gasteiger partial charge on any atom is -0.321 e. The lowest BCUT2D eigenvalue weighted by Gasteiger charge is -2.06. The Hall–Kier alpha value is -3.10. The fraction of sp³-hybridized carbons (Fsp3) is 0.0556. The second-order valence-electron chi connectivity index (χ2n) is 5.70. The van der Waals surface area contributed by atoms with E-state index in [9.17, 15) is 4.79 Å². The van der Waals surface area contributed by atoms with Crippen molar-refractivity contribution in [1.82, 2.24) is 25.2 Å². The summed E-state index contributed by atoms with van der Waals surface area (Å²) in [6, 6.07) is 14.7. The predicted molar refractivity (Wildman–Crippen MR) is 104 cm³/mol. The van der Waals surface area contributed by atoms with Crippen LogP contribution in [0.5, 0.6) is 0 Å². The summed E-state index contributed by atoms with van der Waals surface area (Å²) in [7, 11) is 0. The lowest BCUT2D eigenvalue weighted by atomic mass is 10.2. The monoisotopic (exact) mass is 396 g/mol. The predicted octanol–water partition coefficient (Wildman–Crippen LogP) is 4.00. The quantitative estimate of drug-likeness (QED) is 0.563.